The Labute approximate surface area is 95.2 Å². The largest absolute Gasteiger partial charge is 0.354 e. The number of rotatable bonds is 4. The Balaban J connectivity index is 1.83. The highest BCUT2D eigenvalue weighted by molar-refractivity contribution is 5.78. The van der Waals surface area contributed by atoms with E-state index in [9.17, 15) is 4.79 Å². The third-order valence-corrected chi connectivity index (χ3v) is 2.74. The number of nitrogens with one attached hydrogen (secondary N) is 2. The lowest BCUT2D eigenvalue weighted by atomic mass is 10.2. The molecule has 2 N–H and O–H groups in total. The molecule has 1 aliphatic rings. The second kappa shape index (κ2) is 4.65. The summed E-state index contributed by atoms with van der Waals surface area (Å²) in [4.78, 5) is 11.0. The van der Waals surface area contributed by atoms with Gasteiger partial charge in [0.2, 0.25) is 5.91 Å². The molecule has 0 saturated carbocycles. The van der Waals surface area contributed by atoms with Crippen LogP contribution in [0.1, 0.15) is 32.0 Å². The van der Waals surface area contributed by atoms with E-state index in [1.807, 2.05) is 16.9 Å². The maximum atomic E-state index is 11.0. The van der Waals surface area contributed by atoms with Gasteiger partial charge in [0.05, 0.1) is 5.69 Å². The van der Waals surface area contributed by atoms with Crippen LogP contribution in [0.25, 0.3) is 0 Å². The Morgan fingerprint density at radius 2 is 2.50 bits per heavy atom. The van der Waals surface area contributed by atoms with Gasteiger partial charge in [-0.15, -0.1) is 0 Å². The van der Waals surface area contributed by atoms with E-state index in [2.05, 4.69) is 29.6 Å². The third kappa shape index (κ3) is 2.61. The van der Waals surface area contributed by atoms with Crippen LogP contribution >= 0.6 is 0 Å². The van der Waals surface area contributed by atoms with Gasteiger partial charge in [-0.25, -0.2) is 0 Å². The summed E-state index contributed by atoms with van der Waals surface area (Å²) in [6.07, 6.45) is 2.56. The van der Waals surface area contributed by atoms with Crippen LogP contribution in [-0.4, -0.2) is 28.3 Å². The number of carbonyl (C=O) groups excluding carboxylic acids is 1. The van der Waals surface area contributed by atoms with Crippen molar-refractivity contribution in [3.05, 3.63) is 18.0 Å². The predicted molar refractivity (Wildman–Crippen MR) is 60.9 cm³/mol. The molecule has 1 atom stereocenters. The fourth-order valence-corrected chi connectivity index (χ4v) is 1.76. The molecule has 1 aliphatic heterocycles. The Morgan fingerprint density at radius 1 is 1.69 bits per heavy atom. The van der Waals surface area contributed by atoms with Crippen molar-refractivity contribution >= 4 is 5.91 Å². The molecular weight excluding hydrogens is 204 g/mol. The van der Waals surface area contributed by atoms with Gasteiger partial charge in [-0.2, -0.15) is 5.10 Å². The minimum Gasteiger partial charge on any atom is -0.354 e. The molecule has 1 unspecified atom stereocenters. The molecule has 0 aromatic carbocycles. The zero-order valence-corrected chi connectivity index (χ0v) is 9.73. The average Bonchev–Trinajstić information content (AvgIpc) is 2.83. The van der Waals surface area contributed by atoms with Gasteiger partial charge >= 0.3 is 0 Å². The standard InChI is InChI=1S/C11H18N4O/c1-8(2)15-4-3-9(14-15)6-12-10-5-11(16)13-7-10/h3-4,8,10,12H,5-7H2,1-2H3,(H,13,16). The minimum atomic E-state index is 0.130. The SMILES string of the molecule is CC(C)n1ccc(CNC2CNC(=O)C2)n1. The minimum absolute atomic E-state index is 0.130. The van der Waals surface area contributed by atoms with Crippen LogP contribution in [0.4, 0.5) is 0 Å². The molecule has 0 bridgehead atoms. The van der Waals surface area contributed by atoms with Gasteiger partial charge in [-0.1, -0.05) is 0 Å². The molecule has 0 spiro atoms. The molecule has 2 heterocycles. The molecule has 1 aromatic heterocycles. The van der Waals surface area contributed by atoms with E-state index in [4.69, 9.17) is 0 Å². The molecule has 88 valence electrons. The van der Waals surface area contributed by atoms with E-state index in [-0.39, 0.29) is 11.9 Å². The van der Waals surface area contributed by atoms with E-state index < -0.39 is 0 Å². The van der Waals surface area contributed by atoms with E-state index in [1.54, 1.807) is 0 Å². The molecular formula is C11H18N4O. The van der Waals surface area contributed by atoms with Crippen LogP contribution in [0.15, 0.2) is 12.3 Å². The summed E-state index contributed by atoms with van der Waals surface area (Å²) < 4.78 is 1.94. The zero-order valence-electron chi connectivity index (χ0n) is 9.73. The van der Waals surface area contributed by atoms with E-state index in [1.165, 1.54) is 0 Å². The summed E-state index contributed by atoms with van der Waals surface area (Å²) in [7, 11) is 0. The highest BCUT2D eigenvalue weighted by atomic mass is 16.1. The normalized spacial score (nSPS) is 20.4. The van der Waals surface area contributed by atoms with Crippen molar-refractivity contribution in [1.29, 1.82) is 0 Å². The fraction of sp³-hybridized carbons (Fsp3) is 0.636. The lowest BCUT2D eigenvalue weighted by Crippen LogP contribution is -2.30. The number of hydrogen-bond acceptors (Lipinski definition) is 3. The van der Waals surface area contributed by atoms with Gasteiger partial charge < -0.3 is 10.6 Å². The first-order valence-electron chi connectivity index (χ1n) is 5.69. The van der Waals surface area contributed by atoms with Crippen LogP contribution < -0.4 is 10.6 Å². The highest BCUT2D eigenvalue weighted by Gasteiger charge is 2.20. The monoisotopic (exact) mass is 222 g/mol. The molecule has 5 heteroatoms. The van der Waals surface area contributed by atoms with Crippen LogP contribution in [0.5, 0.6) is 0 Å². The first kappa shape index (κ1) is 11.1. The van der Waals surface area contributed by atoms with Crippen LogP contribution in [0.2, 0.25) is 0 Å². The quantitative estimate of drug-likeness (QED) is 0.777. The summed E-state index contributed by atoms with van der Waals surface area (Å²) in [6, 6.07) is 2.65. The molecule has 1 amide bonds. The number of amides is 1. The maximum absolute atomic E-state index is 11.0. The van der Waals surface area contributed by atoms with Crippen LogP contribution in [0, 0.1) is 0 Å². The van der Waals surface area contributed by atoms with Gasteiger partial charge in [0.1, 0.15) is 0 Å². The second-order valence-electron chi connectivity index (χ2n) is 4.47. The van der Waals surface area contributed by atoms with Gasteiger partial charge in [0.25, 0.3) is 0 Å². The summed E-state index contributed by atoms with van der Waals surface area (Å²) in [5.41, 5.74) is 1.02. The van der Waals surface area contributed by atoms with E-state index in [0.717, 1.165) is 18.8 Å². The van der Waals surface area contributed by atoms with Crippen molar-refractivity contribution in [3.63, 3.8) is 0 Å². The third-order valence-electron chi connectivity index (χ3n) is 2.74. The van der Waals surface area contributed by atoms with E-state index >= 15 is 0 Å². The van der Waals surface area contributed by atoms with Crippen molar-refractivity contribution < 1.29 is 4.79 Å². The maximum Gasteiger partial charge on any atom is 0.221 e. The van der Waals surface area contributed by atoms with Gasteiger partial charge in [0.15, 0.2) is 0 Å². The van der Waals surface area contributed by atoms with Crippen molar-refractivity contribution in [1.82, 2.24) is 20.4 Å². The topological polar surface area (TPSA) is 59.0 Å². The van der Waals surface area contributed by atoms with Gasteiger partial charge in [0, 0.05) is 37.8 Å². The molecule has 0 aliphatic carbocycles. The van der Waals surface area contributed by atoms with Crippen LogP contribution in [0.3, 0.4) is 0 Å². The lowest BCUT2D eigenvalue weighted by molar-refractivity contribution is -0.119. The van der Waals surface area contributed by atoms with E-state index in [0.29, 0.717) is 12.5 Å². The number of nitrogens with zero attached hydrogens (tertiary/aromatic N) is 2. The summed E-state index contributed by atoms with van der Waals surface area (Å²) in [5.74, 6) is 0.130. The van der Waals surface area contributed by atoms with Crippen LogP contribution in [-0.2, 0) is 11.3 Å². The van der Waals surface area contributed by atoms with Crippen molar-refractivity contribution in [3.8, 4) is 0 Å². The van der Waals surface area contributed by atoms with Gasteiger partial charge in [-0.05, 0) is 19.9 Å². The average molecular weight is 222 g/mol. The molecule has 16 heavy (non-hydrogen) atoms. The zero-order chi connectivity index (χ0) is 11.5. The highest BCUT2D eigenvalue weighted by Crippen LogP contribution is 2.05. The Kier molecular flexibility index (Phi) is 3.24. The summed E-state index contributed by atoms with van der Waals surface area (Å²) >= 11 is 0. The molecule has 5 nitrogen and oxygen atoms in total. The fourth-order valence-electron chi connectivity index (χ4n) is 1.76. The summed E-state index contributed by atoms with van der Waals surface area (Å²) in [5, 5.41) is 10.6. The molecule has 0 radical (unpaired) electrons. The molecule has 1 saturated heterocycles. The van der Waals surface area contributed by atoms with Crippen molar-refractivity contribution in [2.75, 3.05) is 6.54 Å². The number of aromatic nitrogens is 2. The van der Waals surface area contributed by atoms with Crippen molar-refractivity contribution in [2.24, 2.45) is 0 Å². The molecule has 1 aromatic rings. The predicted octanol–water partition coefficient (Wildman–Crippen LogP) is 0.442. The Morgan fingerprint density at radius 3 is 3.06 bits per heavy atom. The Hall–Kier alpha value is -1.36. The first-order chi connectivity index (χ1) is 7.65. The number of hydrogen-bond donors (Lipinski definition) is 2. The van der Waals surface area contributed by atoms with Gasteiger partial charge in [-0.3, -0.25) is 9.48 Å². The summed E-state index contributed by atoms with van der Waals surface area (Å²) in [6.45, 7) is 5.65. The molecule has 2 rings (SSSR count). The molecule has 1 fully saturated rings. The second-order valence-corrected chi connectivity index (χ2v) is 4.47. The van der Waals surface area contributed by atoms with Crippen molar-refractivity contribution in [2.45, 2.75) is 38.9 Å². The lowest BCUT2D eigenvalue weighted by Gasteiger charge is -2.08. The number of carbonyl (C=O) groups is 1. The Bertz CT molecular complexity index is 372. The first-order valence-corrected chi connectivity index (χ1v) is 5.69. The smallest absolute Gasteiger partial charge is 0.221 e.